The van der Waals surface area contributed by atoms with E-state index in [2.05, 4.69) is 9.88 Å². The van der Waals surface area contributed by atoms with Gasteiger partial charge < -0.3 is 9.26 Å². The van der Waals surface area contributed by atoms with Crippen LogP contribution in [-0.4, -0.2) is 20.7 Å². The second kappa shape index (κ2) is 5.10. The van der Waals surface area contributed by atoms with Crippen LogP contribution >= 0.6 is 0 Å². The molecule has 7 heteroatoms. The third-order valence-electron chi connectivity index (χ3n) is 2.96. The summed E-state index contributed by atoms with van der Waals surface area (Å²) in [6.07, 6.45) is 0. The summed E-state index contributed by atoms with van der Waals surface area (Å²) in [6.45, 7) is 0. The molecule has 3 rings (SSSR count). The molecule has 1 N–H and O–H groups in total. The quantitative estimate of drug-likeness (QED) is 0.801. The summed E-state index contributed by atoms with van der Waals surface area (Å²) in [7, 11) is -2.23. The van der Waals surface area contributed by atoms with Gasteiger partial charge in [0.25, 0.3) is 10.0 Å². The SMILES string of the molecule is COc1cccc2onc(NS(=O)(=O)c3ccccc3)c12. The van der Waals surface area contributed by atoms with Crippen LogP contribution in [0.5, 0.6) is 5.75 Å². The maximum Gasteiger partial charge on any atom is 0.263 e. The van der Waals surface area contributed by atoms with E-state index in [0.29, 0.717) is 16.7 Å². The van der Waals surface area contributed by atoms with Crippen LogP contribution in [-0.2, 0) is 10.0 Å². The predicted octanol–water partition coefficient (Wildman–Crippen LogP) is 2.64. The number of fused-ring (bicyclic) bond motifs is 1. The van der Waals surface area contributed by atoms with Gasteiger partial charge in [-0.05, 0) is 24.3 Å². The average molecular weight is 304 g/mol. The van der Waals surface area contributed by atoms with Gasteiger partial charge in [-0.15, -0.1) is 0 Å². The molecule has 1 aromatic heterocycles. The van der Waals surface area contributed by atoms with Crippen LogP contribution in [0.1, 0.15) is 0 Å². The third-order valence-corrected chi connectivity index (χ3v) is 4.32. The maximum absolute atomic E-state index is 12.3. The van der Waals surface area contributed by atoms with Crippen molar-refractivity contribution in [3.05, 3.63) is 48.5 Å². The zero-order valence-electron chi connectivity index (χ0n) is 11.1. The topological polar surface area (TPSA) is 81.4 Å². The molecule has 0 aliphatic rings. The van der Waals surface area contributed by atoms with E-state index < -0.39 is 10.0 Å². The Hall–Kier alpha value is -2.54. The molecule has 108 valence electrons. The van der Waals surface area contributed by atoms with Crippen molar-refractivity contribution in [2.45, 2.75) is 4.90 Å². The molecule has 6 nitrogen and oxygen atoms in total. The van der Waals surface area contributed by atoms with Gasteiger partial charge in [-0.2, -0.15) is 0 Å². The molecule has 0 aliphatic carbocycles. The van der Waals surface area contributed by atoms with E-state index in [1.54, 1.807) is 36.4 Å². The molecule has 0 spiro atoms. The molecule has 0 unspecified atom stereocenters. The Morgan fingerprint density at radius 1 is 1.10 bits per heavy atom. The summed E-state index contributed by atoms with van der Waals surface area (Å²) in [4.78, 5) is 0.149. The van der Waals surface area contributed by atoms with Gasteiger partial charge in [-0.3, -0.25) is 4.72 Å². The van der Waals surface area contributed by atoms with Gasteiger partial charge in [-0.1, -0.05) is 29.4 Å². The van der Waals surface area contributed by atoms with Crippen LogP contribution in [0.15, 0.2) is 57.9 Å². The van der Waals surface area contributed by atoms with Crippen LogP contribution in [0.4, 0.5) is 5.82 Å². The largest absolute Gasteiger partial charge is 0.496 e. The Bertz CT molecular complexity index is 872. The highest BCUT2D eigenvalue weighted by atomic mass is 32.2. The fraction of sp³-hybridized carbons (Fsp3) is 0.0714. The molecule has 1 heterocycles. The highest BCUT2D eigenvalue weighted by Crippen LogP contribution is 2.32. The lowest BCUT2D eigenvalue weighted by atomic mass is 10.2. The van der Waals surface area contributed by atoms with Crippen LogP contribution < -0.4 is 9.46 Å². The van der Waals surface area contributed by atoms with Crippen LogP contribution in [0.2, 0.25) is 0 Å². The summed E-state index contributed by atoms with van der Waals surface area (Å²) >= 11 is 0. The summed E-state index contributed by atoms with van der Waals surface area (Å²) in [5.41, 5.74) is 0.445. The van der Waals surface area contributed by atoms with Crippen LogP contribution in [0.25, 0.3) is 11.0 Å². The normalized spacial score (nSPS) is 11.5. The lowest BCUT2D eigenvalue weighted by Crippen LogP contribution is -2.13. The van der Waals surface area contributed by atoms with Gasteiger partial charge in [0, 0.05) is 0 Å². The van der Waals surface area contributed by atoms with Crippen molar-refractivity contribution >= 4 is 26.8 Å². The lowest BCUT2D eigenvalue weighted by Gasteiger charge is -2.06. The summed E-state index contributed by atoms with van der Waals surface area (Å²) < 4.78 is 37.4. The number of nitrogens with zero attached hydrogens (tertiary/aromatic N) is 1. The highest BCUT2D eigenvalue weighted by molar-refractivity contribution is 7.92. The third kappa shape index (κ3) is 2.43. The van der Waals surface area contributed by atoms with Gasteiger partial charge in [-0.25, -0.2) is 8.42 Å². The number of sulfonamides is 1. The van der Waals surface area contributed by atoms with Gasteiger partial charge in [0.1, 0.15) is 11.1 Å². The first-order valence-corrected chi connectivity index (χ1v) is 7.60. The van der Waals surface area contributed by atoms with E-state index in [1.807, 2.05) is 0 Å². The lowest BCUT2D eigenvalue weighted by molar-refractivity contribution is 0.419. The van der Waals surface area contributed by atoms with E-state index in [-0.39, 0.29) is 10.7 Å². The Labute approximate surface area is 121 Å². The second-order valence-electron chi connectivity index (χ2n) is 4.28. The minimum atomic E-state index is -3.73. The van der Waals surface area contributed by atoms with E-state index in [9.17, 15) is 8.42 Å². The van der Waals surface area contributed by atoms with Crippen molar-refractivity contribution in [1.29, 1.82) is 0 Å². The molecular formula is C14H12N2O4S. The standard InChI is InChI=1S/C14H12N2O4S/c1-19-11-8-5-9-12-13(11)14(15-20-12)16-21(17,18)10-6-3-2-4-7-10/h2-9H,1H3,(H,15,16). The molecule has 0 amide bonds. The van der Waals surface area contributed by atoms with E-state index in [0.717, 1.165) is 0 Å². The first-order valence-electron chi connectivity index (χ1n) is 6.12. The molecule has 0 saturated heterocycles. The molecule has 21 heavy (non-hydrogen) atoms. The van der Waals surface area contributed by atoms with Crippen molar-refractivity contribution in [3.63, 3.8) is 0 Å². The van der Waals surface area contributed by atoms with Crippen LogP contribution in [0.3, 0.4) is 0 Å². The summed E-state index contributed by atoms with van der Waals surface area (Å²) in [5.74, 6) is 0.589. The van der Waals surface area contributed by atoms with Crippen molar-refractivity contribution in [1.82, 2.24) is 5.16 Å². The van der Waals surface area contributed by atoms with E-state index in [1.165, 1.54) is 19.2 Å². The Balaban J connectivity index is 2.07. The molecule has 3 aromatic rings. The minimum Gasteiger partial charge on any atom is -0.496 e. The van der Waals surface area contributed by atoms with E-state index in [4.69, 9.17) is 9.26 Å². The fourth-order valence-electron chi connectivity index (χ4n) is 1.99. The highest BCUT2D eigenvalue weighted by Gasteiger charge is 2.20. The predicted molar refractivity (Wildman–Crippen MR) is 77.8 cm³/mol. The van der Waals surface area contributed by atoms with E-state index >= 15 is 0 Å². The Kier molecular flexibility index (Phi) is 3.26. The monoisotopic (exact) mass is 304 g/mol. The first-order chi connectivity index (χ1) is 10.1. The van der Waals surface area contributed by atoms with Crippen molar-refractivity contribution in [2.75, 3.05) is 11.8 Å². The zero-order valence-corrected chi connectivity index (χ0v) is 11.9. The Morgan fingerprint density at radius 2 is 1.86 bits per heavy atom. The number of aromatic nitrogens is 1. The molecule has 0 atom stereocenters. The number of hydrogen-bond acceptors (Lipinski definition) is 5. The number of ether oxygens (including phenoxy) is 1. The molecule has 2 aromatic carbocycles. The average Bonchev–Trinajstić information content (AvgIpc) is 2.91. The van der Waals surface area contributed by atoms with Gasteiger partial charge in [0.05, 0.1) is 12.0 Å². The summed E-state index contributed by atoms with van der Waals surface area (Å²) in [6, 6.07) is 13.2. The van der Waals surface area contributed by atoms with Crippen molar-refractivity contribution in [2.24, 2.45) is 0 Å². The molecule has 0 saturated carbocycles. The molecule has 0 bridgehead atoms. The number of benzene rings is 2. The van der Waals surface area contributed by atoms with Crippen molar-refractivity contribution in [3.8, 4) is 5.75 Å². The Morgan fingerprint density at radius 3 is 2.57 bits per heavy atom. The zero-order chi connectivity index (χ0) is 14.9. The first kappa shape index (κ1) is 13.4. The number of rotatable bonds is 4. The second-order valence-corrected chi connectivity index (χ2v) is 5.97. The fourth-order valence-corrected chi connectivity index (χ4v) is 3.01. The molecule has 0 aliphatic heterocycles. The number of nitrogens with one attached hydrogen (secondary N) is 1. The van der Waals surface area contributed by atoms with Crippen LogP contribution in [0, 0.1) is 0 Å². The molecular weight excluding hydrogens is 292 g/mol. The molecule has 0 fully saturated rings. The molecule has 0 radical (unpaired) electrons. The number of methoxy groups -OCH3 is 1. The summed E-state index contributed by atoms with van der Waals surface area (Å²) in [5, 5.41) is 4.25. The maximum atomic E-state index is 12.3. The smallest absolute Gasteiger partial charge is 0.263 e. The van der Waals surface area contributed by atoms with Gasteiger partial charge in [0.2, 0.25) is 0 Å². The van der Waals surface area contributed by atoms with Gasteiger partial charge in [0.15, 0.2) is 11.4 Å². The van der Waals surface area contributed by atoms with Crippen molar-refractivity contribution < 1.29 is 17.7 Å². The van der Waals surface area contributed by atoms with Gasteiger partial charge >= 0.3 is 0 Å². The minimum absolute atomic E-state index is 0.103. The number of anilines is 1. The number of hydrogen-bond donors (Lipinski definition) is 1.